The monoisotopic (exact) mass is 338 g/mol. The Balaban J connectivity index is 1.68. The third-order valence-corrected chi connectivity index (χ3v) is 4.02. The number of carbonyl (C=O) groups is 1. The fraction of sp³-hybridized carbons (Fsp3) is 0.333. The lowest BCUT2D eigenvalue weighted by Crippen LogP contribution is -2.23. The van der Waals surface area contributed by atoms with E-state index in [1.807, 2.05) is 33.8 Å². The number of aryl methyl sites for hydroxylation is 4. The maximum absolute atomic E-state index is 12.3. The fourth-order valence-electron chi connectivity index (χ4n) is 2.88. The van der Waals surface area contributed by atoms with Gasteiger partial charge in [0.05, 0.1) is 6.54 Å². The second-order valence-electron chi connectivity index (χ2n) is 6.13. The summed E-state index contributed by atoms with van der Waals surface area (Å²) in [5, 5.41) is 18.6. The molecule has 25 heavy (non-hydrogen) atoms. The molecule has 1 amide bonds. The molecular formula is C18H22N6O. The molecule has 130 valence electrons. The standard InChI is InChI=1S/C18H22N6O/c1-5-15-21-22-16-7-6-14(23-24(15)16)19-10-17(25)20-18-12(3)8-11(2)9-13(18)4/h6-9H,5,10H2,1-4H3,(H,19,23)(H,20,25). The summed E-state index contributed by atoms with van der Waals surface area (Å²) >= 11 is 0. The third-order valence-electron chi connectivity index (χ3n) is 4.02. The number of aromatic nitrogens is 4. The minimum Gasteiger partial charge on any atom is -0.360 e. The van der Waals surface area contributed by atoms with Crippen molar-refractivity contribution in [3.8, 4) is 0 Å². The minimum atomic E-state index is -0.114. The maximum atomic E-state index is 12.3. The molecule has 1 aromatic carbocycles. The smallest absolute Gasteiger partial charge is 0.243 e. The van der Waals surface area contributed by atoms with E-state index in [4.69, 9.17) is 0 Å². The van der Waals surface area contributed by atoms with Crippen LogP contribution in [0.2, 0.25) is 0 Å². The summed E-state index contributed by atoms with van der Waals surface area (Å²) in [6, 6.07) is 7.74. The minimum absolute atomic E-state index is 0.114. The van der Waals surface area contributed by atoms with Crippen LogP contribution in [0.3, 0.4) is 0 Å². The van der Waals surface area contributed by atoms with Crippen molar-refractivity contribution in [3.63, 3.8) is 0 Å². The number of nitrogens with one attached hydrogen (secondary N) is 2. The van der Waals surface area contributed by atoms with Gasteiger partial charge in [-0.05, 0) is 44.0 Å². The van der Waals surface area contributed by atoms with Crippen LogP contribution in [0, 0.1) is 20.8 Å². The van der Waals surface area contributed by atoms with E-state index < -0.39 is 0 Å². The molecular weight excluding hydrogens is 316 g/mol. The van der Waals surface area contributed by atoms with E-state index in [1.54, 1.807) is 10.6 Å². The van der Waals surface area contributed by atoms with Crippen LogP contribution >= 0.6 is 0 Å². The SMILES string of the molecule is CCc1nnc2ccc(NCC(=O)Nc3c(C)cc(C)cc3C)nn12. The number of hydrogen-bond acceptors (Lipinski definition) is 5. The molecule has 7 heteroatoms. The van der Waals surface area contributed by atoms with E-state index in [-0.39, 0.29) is 12.5 Å². The second kappa shape index (κ2) is 6.88. The lowest BCUT2D eigenvalue weighted by molar-refractivity contribution is -0.114. The van der Waals surface area contributed by atoms with Crippen molar-refractivity contribution >= 4 is 23.1 Å². The van der Waals surface area contributed by atoms with E-state index in [2.05, 4.69) is 38.1 Å². The number of anilines is 2. The topological polar surface area (TPSA) is 84.2 Å². The molecule has 3 rings (SSSR count). The van der Waals surface area contributed by atoms with Gasteiger partial charge >= 0.3 is 0 Å². The first kappa shape index (κ1) is 16.9. The molecule has 7 nitrogen and oxygen atoms in total. The van der Waals surface area contributed by atoms with Gasteiger partial charge in [-0.3, -0.25) is 4.79 Å². The first-order valence-corrected chi connectivity index (χ1v) is 8.31. The highest BCUT2D eigenvalue weighted by Crippen LogP contribution is 2.21. The summed E-state index contributed by atoms with van der Waals surface area (Å²) in [5.41, 5.74) is 4.86. The van der Waals surface area contributed by atoms with Gasteiger partial charge < -0.3 is 10.6 Å². The van der Waals surface area contributed by atoms with Gasteiger partial charge in [0.1, 0.15) is 5.82 Å². The van der Waals surface area contributed by atoms with Crippen molar-refractivity contribution in [2.75, 3.05) is 17.2 Å². The van der Waals surface area contributed by atoms with Crippen LogP contribution in [0.1, 0.15) is 29.4 Å². The first-order chi connectivity index (χ1) is 12.0. The molecule has 0 spiro atoms. The predicted molar refractivity (Wildman–Crippen MR) is 97.9 cm³/mol. The summed E-state index contributed by atoms with van der Waals surface area (Å²) in [5.74, 6) is 1.28. The van der Waals surface area contributed by atoms with Gasteiger partial charge in [-0.1, -0.05) is 24.6 Å². The predicted octanol–water partition coefficient (Wildman–Crippen LogP) is 2.66. The quantitative estimate of drug-likeness (QED) is 0.747. The van der Waals surface area contributed by atoms with Gasteiger partial charge in [0, 0.05) is 12.1 Å². The Morgan fingerprint density at radius 2 is 1.84 bits per heavy atom. The molecule has 0 saturated carbocycles. The van der Waals surface area contributed by atoms with Gasteiger partial charge in [0.15, 0.2) is 11.5 Å². The van der Waals surface area contributed by atoms with Crippen LogP contribution in [0.4, 0.5) is 11.5 Å². The van der Waals surface area contributed by atoms with E-state index >= 15 is 0 Å². The molecule has 0 fully saturated rings. The van der Waals surface area contributed by atoms with E-state index in [0.717, 1.165) is 29.1 Å². The molecule has 0 aliphatic heterocycles. The number of carbonyl (C=O) groups excluding carboxylic acids is 1. The molecule has 0 atom stereocenters. The van der Waals surface area contributed by atoms with Crippen LogP contribution in [0.25, 0.3) is 5.65 Å². The lowest BCUT2D eigenvalue weighted by atomic mass is 10.1. The Bertz CT molecular complexity index is 907. The molecule has 0 bridgehead atoms. The summed E-state index contributed by atoms with van der Waals surface area (Å²) in [4.78, 5) is 12.3. The van der Waals surface area contributed by atoms with E-state index in [1.165, 1.54) is 5.56 Å². The van der Waals surface area contributed by atoms with Crippen LogP contribution < -0.4 is 10.6 Å². The normalized spacial score (nSPS) is 10.9. The lowest BCUT2D eigenvalue weighted by Gasteiger charge is -2.13. The Hall–Kier alpha value is -2.96. The largest absolute Gasteiger partial charge is 0.360 e. The van der Waals surface area contributed by atoms with Crippen LogP contribution in [0.5, 0.6) is 0 Å². The summed E-state index contributed by atoms with van der Waals surface area (Å²) in [6.07, 6.45) is 0.740. The van der Waals surface area contributed by atoms with Crippen molar-refractivity contribution in [1.29, 1.82) is 0 Å². The van der Waals surface area contributed by atoms with Crippen LogP contribution in [-0.2, 0) is 11.2 Å². The van der Waals surface area contributed by atoms with Crippen molar-refractivity contribution in [1.82, 2.24) is 19.8 Å². The average molecular weight is 338 g/mol. The van der Waals surface area contributed by atoms with Gasteiger partial charge in [-0.25, -0.2) is 0 Å². The Labute approximate surface area is 146 Å². The highest BCUT2D eigenvalue weighted by atomic mass is 16.1. The van der Waals surface area contributed by atoms with Crippen molar-refractivity contribution in [3.05, 3.63) is 46.8 Å². The van der Waals surface area contributed by atoms with Crippen molar-refractivity contribution < 1.29 is 4.79 Å². The molecule has 2 N–H and O–H groups in total. The highest BCUT2D eigenvalue weighted by molar-refractivity contribution is 5.95. The number of hydrogen-bond donors (Lipinski definition) is 2. The Morgan fingerprint density at radius 1 is 1.12 bits per heavy atom. The summed E-state index contributed by atoms with van der Waals surface area (Å²) < 4.78 is 1.69. The number of rotatable bonds is 5. The van der Waals surface area contributed by atoms with E-state index in [9.17, 15) is 4.79 Å². The first-order valence-electron chi connectivity index (χ1n) is 8.31. The van der Waals surface area contributed by atoms with E-state index in [0.29, 0.717) is 11.5 Å². The zero-order valence-electron chi connectivity index (χ0n) is 14.9. The Morgan fingerprint density at radius 3 is 2.52 bits per heavy atom. The summed E-state index contributed by atoms with van der Waals surface area (Å²) in [6.45, 7) is 8.17. The molecule has 3 aromatic rings. The Kier molecular flexibility index (Phi) is 4.65. The molecule has 0 aliphatic carbocycles. The van der Waals surface area contributed by atoms with Crippen LogP contribution in [0.15, 0.2) is 24.3 Å². The third kappa shape index (κ3) is 3.60. The summed E-state index contributed by atoms with van der Waals surface area (Å²) in [7, 11) is 0. The second-order valence-corrected chi connectivity index (χ2v) is 6.13. The van der Waals surface area contributed by atoms with Crippen molar-refractivity contribution in [2.24, 2.45) is 0 Å². The maximum Gasteiger partial charge on any atom is 0.243 e. The van der Waals surface area contributed by atoms with Gasteiger partial charge in [-0.2, -0.15) is 4.52 Å². The average Bonchev–Trinajstić information content (AvgIpc) is 2.98. The van der Waals surface area contributed by atoms with Crippen molar-refractivity contribution in [2.45, 2.75) is 34.1 Å². The number of amides is 1. The fourth-order valence-corrected chi connectivity index (χ4v) is 2.88. The van der Waals surface area contributed by atoms with Gasteiger partial charge in [0.2, 0.25) is 5.91 Å². The molecule has 0 saturated heterocycles. The highest BCUT2D eigenvalue weighted by Gasteiger charge is 2.10. The van der Waals surface area contributed by atoms with Crippen LogP contribution in [-0.4, -0.2) is 32.3 Å². The van der Waals surface area contributed by atoms with Gasteiger partial charge in [-0.15, -0.1) is 15.3 Å². The molecule has 2 heterocycles. The molecule has 0 unspecified atom stereocenters. The zero-order valence-corrected chi connectivity index (χ0v) is 14.9. The van der Waals surface area contributed by atoms with Gasteiger partial charge in [0.25, 0.3) is 0 Å². The molecule has 2 aromatic heterocycles. The zero-order chi connectivity index (χ0) is 18.0. The molecule has 0 aliphatic rings. The number of benzene rings is 1. The molecule has 0 radical (unpaired) electrons. The number of fused-ring (bicyclic) bond motifs is 1. The number of nitrogens with zero attached hydrogens (tertiary/aromatic N) is 4.